The number of esters is 1. The van der Waals surface area contributed by atoms with Crippen LogP contribution in [-0.2, 0) is 14.3 Å². The van der Waals surface area contributed by atoms with Crippen molar-refractivity contribution in [2.45, 2.75) is 6.92 Å². The molecule has 1 amide bonds. The van der Waals surface area contributed by atoms with Crippen molar-refractivity contribution < 1.29 is 23.8 Å². The summed E-state index contributed by atoms with van der Waals surface area (Å²) in [7, 11) is 0. The van der Waals surface area contributed by atoms with E-state index in [1.165, 1.54) is 0 Å². The van der Waals surface area contributed by atoms with Crippen molar-refractivity contribution in [1.82, 2.24) is 0 Å². The van der Waals surface area contributed by atoms with Crippen LogP contribution < -0.4 is 14.8 Å². The molecule has 0 saturated heterocycles. The average Bonchev–Trinajstić information content (AvgIpc) is 2.73. The molecule has 3 aromatic rings. The van der Waals surface area contributed by atoms with Gasteiger partial charge in [0.25, 0.3) is 5.91 Å². The monoisotopic (exact) mass is 391 g/mol. The van der Waals surface area contributed by atoms with Crippen LogP contribution >= 0.6 is 0 Å². The highest BCUT2D eigenvalue weighted by Gasteiger charge is 2.09. The van der Waals surface area contributed by atoms with Crippen LogP contribution in [0.2, 0.25) is 0 Å². The van der Waals surface area contributed by atoms with Crippen LogP contribution in [0.4, 0.5) is 5.69 Å². The zero-order valence-corrected chi connectivity index (χ0v) is 16.0. The second kappa shape index (κ2) is 9.94. The molecule has 3 rings (SSSR count). The van der Waals surface area contributed by atoms with Gasteiger partial charge >= 0.3 is 5.97 Å². The normalized spacial score (nSPS) is 10.1. The fraction of sp³-hybridized carbons (Fsp3) is 0.130. The lowest BCUT2D eigenvalue weighted by atomic mass is 10.2. The summed E-state index contributed by atoms with van der Waals surface area (Å²) in [6, 6.07) is 23.6. The SMILES string of the molecule is Cc1cccc(OCC(=O)OCC(=O)Nc2ccc(Oc3ccccc3)cc2)c1. The first kappa shape index (κ1) is 19.9. The molecule has 29 heavy (non-hydrogen) atoms. The maximum absolute atomic E-state index is 12.0. The fourth-order valence-corrected chi connectivity index (χ4v) is 2.46. The molecule has 6 nitrogen and oxygen atoms in total. The van der Waals surface area contributed by atoms with Crippen LogP contribution in [0.15, 0.2) is 78.9 Å². The molecule has 0 unspecified atom stereocenters. The molecule has 0 aromatic heterocycles. The molecule has 0 atom stereocenters. The van der Waals surface area contributed by atoms with Crippen LogP contribution in [0.25, 0.3) is 0 Å². The molecule has 3 aromatic carbocycles. The molecule has 0 spiro atoms. The molecule has 0 aliphatic heterocycles. The van der Waals surface area contributed by atoms with E-state index < -0.39 is 18.5 Å². The van der Waals surface area contributed by atoms with E-state index in [9.17, 15) is 9.59 Å². The van der Waals surface area contributed by atoms with E-state index in [1.807, 2.05) is 55.5 Å². The van der Waals surface area contributed by atoms with Crippen molar-refractivity contribution in [3.05, 3.63) is 84.4 Å². The summed E-state index contributed by atoms with van der Waals surface area (Å²) in [6.07, 6.45) is 0. The van der Waals surface area contributed by atoms with Crippen molar-refractivity contribution in [2.75, 3.05) is 18.5 Å². The number of amides is 1. The van der Waals surface area contributed by atoms with Crippen molar-refractivity contribution >= 4 is 17.6 Å². The first-order valence-corrected chi connectivity index (χ1v) is 9.06. The molecule has 1 N–H and O–H groups in total. The summed E-state index contributed by atoms with van der Waals surface area (Å²) >= 11 is 0. The van der Waals surface area contributed by atoms with Crippen molar-refractivity contribution in [3.8, 4) is 17.2 Å². The van der Waals surface area contributed by atoms with Crippen molar-refractivity contribution in [1.29, 1.82) is 0 Å². The second-order valence-corrected chi connectivity index (χ2v) is 6.25. The molecular weight excluding hydrogens is 370 g/mol. The lowest BCUT2D eigenvalue weighted by Crippen LogP contribution is -2.23. The van der Waals surface area contributed by atoms with Gasteiger partial charge in [-0.05, 0) is 61.0 Å². The maximum Gasteiger partial charge on any atom is 0.344 e. The predicted molar refractivity (Wildman–Crippen MR) is 109 cm³/mol. The summed E-state index contributed by atoms with van der Waals surface area (Å²) in [5.74, 6) is 0.890. The number of rotatable bonds is 8. The Kier molecular flexibility index (Phi) is 6.84. The zero-order valence-electron chi connectivity index (χ0n) is 16.0. The number of ether oxygens (including phenoxy) is 3. The summed E-state index contributed by atoms with van der Waals surface area (Å²) in [4.78, 5) is 23.7. The highest BCUT2D eigenvalue weighted by molar-refractivity contribution is 5.92. The maximum atomic E-state index is 12.0. The Bertz CT molecular complexity index is 955. The topological polar surface area (TPSA) is 73.9 Å². The van der Waals surface area contributed by atoms with Gasteiger partial charge in [-0.15, -0.1) is 0 Å². The molecule has 6 heteroatoms. The first-order valence-electron chi connectivity index (χ1n) is 9.06. The third kappa shape index (κ3) is 6.70. The zero-order chi connectivity index (χ0) is 20.5. The summed E-state index contributed by atoms with van der Waals surface area (Å²) in [6.45, 7) is 1.27. The van der Waals surface area contributed by atoms with E-state index in [0.717, 1.165) is 11.3 Å². The van der Waals surface area contributed by atoms with E-state index in [1.54, 1.807) is 30.3 Å². The molecule has 0 fully saturated rings. The largest absolute Gasteiger partial charge is 0.482 e. The summed E-state index contributed by atoms with van der Waals surface area (Å²) in [5.41, 5.74) is 1.60. The minimum Gasteiger partial charge on any atom is -0.482 e. The van der Waals surface area contributed by atoms with Gasteiger partial charge in [-0.25, -0.2) is 4.79 Å². The van der Waals surface area contributed by atoms with Gasteiger partial charge < -0.3 is 19.5 Å². The highest BCUT2D eigenvalue weighted by atomic mass is 16.6. The van der Waals surface area contributed by atoms with Crippen LogP contribution in [0.1, 0.15) is 5.56 Å². The molecule has 0 aliphatic carbocycles. The standard InChI is InChI=1S/C23H21NO5/c1-17-6-5-9-21(14-17)27-16-23(26)28-15-22(25)24-18-10-12-20(13-11-18)29-19-7-3-2-4-8-19/h2-14H,15-16H2,1H3,(H,24,25). The van der Waals surface area contributed by atoms with Crippen LogP contribution in [0.5, 0.6) is 17.2 Å². The third-order valence-corrected chi connectivity index (χ3v) is 3.83. The summed E-state index contributed by atoms with van der Waals surface area (Å²) in [5, 5.41) is 2.66. The molecule has 0 bridgehead atoms. The number of aryl methyl sites for hydroxylation is 1. The van der Waals surface area contributed by atoms with E-state index >= 15 is 0 Å². The number of carbonyl (C=O) groups is 2. The van der Waals surface area contributed by atoms with Gasteiger partial charge in [0.05, 0.1) is 0 Å². The quantitative estimate of drug-likeness (QED) is 0.578. The highest BCUT2D eigenvalue weighted by Crippen LogP contribution is 2.22. The second-order valence-electron chi connectivity index (χ2n) is 6.25. The molecule has 0 heterocycles. The van der Waals surface area contributed by atoms with Gasteiger partial charge in [0.2, 0.25) is 0 Å². The van der Waals surface area contributed by atoms with Gasteiger partial charge in [0, 0.05) is 5.69 Å². The van der Waals surface area contributed by atoms with Crippen molar-refractivity contribution in [2.24, 2.45) is 0 Å². The lowest BCUT2D eigenvalue weighted by molar-refractivity contribution is -0.149. The van der Waals surface area contributed by atoms with E-state index in [-0.39, 0.29) is 6.61 Å². The predicted octanol–water partition coefficient (Wildman–Crippen LogP) is 4.35. The number of nitrogens with one attached hydrogen (secondary N) is 1. The molecule has 0 aliphatic rings. The fourth-order valence-electron chi connectivity index (χ4n) is 2.46. The molecular formula is C23H21NO5. The van der Waals surface area contributed by atoms with Gasteiger partial charge in [0.15, 0.2) is 13.2 Å². The number of anilines is 1. The van der Waals surface area contributed by atoms with Gasteiger partial charge in [-0.1, -0.05) is 30.3 Å². The van der Waals surface area contributed by atoms with E-state index in [0.29, 0.717) is 17.2 Å². The summed E-state index contributed by atoms with van der Waals surface area (Å²) < 4.78 is 16.0. The Labute approximate surface area is 169 Å². The van der Waals surface area contributed by atoms with Crippen LogP contribution in [-0.4, -0.2) is 25.1 Å². The number of hydrogen-bond donors (Lipinski definition) is 1. The van der Waals surface area contributed by atoms with Gasteiger partial charge in [-0.3, -0.25) is 4.79 Å². The first-order chi connectivity index (χ1) is 14.1. The Balaban J connectivity index is 1.40. The Morgan fingerprint density at radius 3 is 2.21 bits per heavy atom. The Hall–Kier alpha value is -3.80. The molecule has 0 saturated carbocycles. The molecule has 148 valence electrons. The van der Waals surface area contributed by atoms with Gasteiger partial charge in [-0.2, -0.15) is 0 Å². The van der Waals surface area contributed by atoms with E-state index in [4.69, 9.17) is 14.2 Å². The van der Waals surface area contributed by atoms with Gasteiger partial charge in [0.1, 0.15) is 17.2 Å². The van der Waals surface area contributed by atoms with Crippen LogP contribution in [0, 0.1) is 6.92 Å². The van der Waals surface area contributed by atoms with Crippen LogP contribution in [0.3, 0.4) is 0 Å². The average molecular weight is 391 g/mol. The van der Waals surface area contributed by atoms with Crippen molar-refractivity contribution in [3.63, 3.8) is 0 Å². The van der Waals surface area contributed by atoms with E-state index in [2.05, 4.69) is 5.32 Å². The minimum atomic E-state index is -0.617. The smallest absolute Gasteiger partial charge is 0.344 e. The number of carbonyl (C=O) groups excluding carboxylic acids is 2. The Morgan fingerprint density at radius 2 is 1.48 bits per heavy atom. The minimum absolute atomic E-state index is 0.262. The molecule has 0 radical (unpaired) electrons. The Morgan fingerprint density at radius 1 is 0.793 bits per heavy atom. The lowest BCUT2D eigenvalue weighted by Gasteiger charge is -2.09. The number of benzene rings is 3. The third-order valence-electron chi connectivity index (χ3n) is 3.83. The number of para-hydroxylation sites is 1. The number of hydrogen-bond acceptors (Lipinski definition) is 5.